The average molecular weight is 277 g/mol. The van der Waals surface area contributed by atoms with Gasteiger partial charge in [-0.3, -0.25) is 0 Å². The van der Waals surface area contributed by atoms with Crippen LogP contribution < -0.4 is 0 Å². The Hall–Kier alpha value is -0.520. The first-order chi connectivity index (χ1) is 9.24. The second-order valence-electron chi connectivity index (χ2n) is 2.04. The lowest BCUT2D eigenvalue weighted by Crippen LogP contribution is -1.27. The minimum absolute atomic E-state index is 1.25. The molecule has 0 aliphatic carbocycles. The van der Waals surface area contributed by atoms with Crippen molar-refractivity contribution in [3.63, 3.8) is 0 Å². The standard InChI is InChI=1S/2C4H8.C3H8.4C2H6/c2*1-3-4-2;1-3-2;4*1-2/h2*3-4H,1-2H3;3H2,1-2H3;4*1-2H3. The Balaban J connectivity index is -0.0000000182. The maximum Gasteiger partial charge on any atom is -0.0470 e. The highest BCUT2D eigenvalue weighted by molar-refractivity contribution is 4.68. The molecule has 0 aromatic heterocycles. The van der Waals surface area contributed by atoms with E-state index in [9.17, 15) is 0 Å². The van der Waals surface area contributed by atoms with Crippen LogP contribution in [0, 0.1) is 0 Å². The van der Waals surface area contributed by atoms with E-state index in [0.29, 0.717) is 0 Å². The van der Waals surface area contributed by atoms with Crippen molar-refractivity contribution >= 4 is 0 Å². The molecular weight excluding hydrogens is 228 g/mol. The first kappa shape index (κ1) is 42.8. The van der Waals surface area contributed by atoms with Crippen molar-refractivity contribution in [1.29, 1.82) is 0 Å². The third kappa shape index (κ3) is 1910. The van der Waals surface area contributed by atoms with Gasteiger partial charge in [-0.25, -0.2) is 0 Å². The number of rotatable bonds is 0. The molecule has 0 radical (unpaired) electrons. The lowest BCUT2D eigenvalue weighted by atomic mass is 10.6. The number of hydrogen-bond acceptors (Lipinski definition) is 0. The van der Waals surface area contributed by atoms with Crippen molar-refractivity contribution in [3.05, 3.63) is 24.3 Å². The highest BCUT2D eigenvalue weighted by Crippen LogP contribution is 1.57. The van der Waals surface area contributed by atoms with Crippen LogP contribution in [0.15, 0.2) is 24.3 Å². The minimum atomic E-state index is 1.25. The Kier molecular flexibility index (Phi) is 533. The molecule has 0 nitrogen and oxygen atoms in total. The Morgan fingerprint density at radius 3 is 0.474 bits per heavy atom. The van der Waals surface area contributed by atoms with Gasteiger partial charge in [0.25, 0.3) is 0 Å². The fourth-order valence-electron chi connectivity index (χ4n) is 0. The van der Waals surface area contributed by atoms with E-state index in [0.717, 1.165) is 0 Å². The van der Waals surface area contributed by atoms with Gasteiger partial charge >= 0.3 is 0 Å². The predicted octanol–water partition coefficient (Wildman–Crippen LogP) is 8.69. The quantitative estimate of drug-likeness (QED) is 0.388. The molecule has 0 rings (SSSR count). The van der Waals surface area contributed by atoms with Gasteiger partial charge in [0.1, 0.15) is 0 Å². The van der Waals surface area contributed by atoms with Crippen molar-refractivity contribution < 1.29 is 0 Å². The van der Waals surface area contributed by atoms with Crippen molar-refractivity contribution in [1.82, 2.24) is 0 Å². The molecule has 0 heterocycles. The van der Waals surface area contributed by atoms with E-state index in [2.05, 4.69) is 13.8 Å². The molecule has 0 saturated carbocycles. The van der Waals surface area contributed by atoms with Crippen LogP contribution in [-0.4, -0.2) is 0 Å². The molecule has 19 heavy (non-hydrogen) atoms. The molecule has 0 spiro atoms. The topological polar surface area (TPSA) is 0 Å². The predicted molar refractivity (Wildman–Crippen MR) is 102 cm³/mol. The van der Waals surface area contributed by atoms with Gasteiger partial charge in [-0.2, -0.15) is 0 Å². The first-order valence-electron chi connectivity index (χ1n) is 8.39. The van der Waals surface area contributed by atoms with Crippen LogP contribution >= 0.6 is 0 Å². The summed E-state index contributed by atoms with van der Waals surface area (Å²) in [4.78, 5) is 0. The Bertz CT molecular complexity index is 50.1. The van der Waals surface area contributed by atoms with Gasteiger partial charge in [-0.15, -0.1) is 0 Å². The second-order valence-corrected chi connectivity index (χ2v) is 2.04. The van der Waals surface area contributed by atoms with E-state index < -0.39 is 0 Å². The van der Waals surface area contributed by atoms with Crippen molar-refractivity contribution in [3.8, 4) is 0 Å². The normalized spacial score (nSPS) is 6.21. The van der Waals surface area contributed by atoms with E-state index in [1.165, 1.54) is 6.42 Å². The monoisotopic (exact) mass is 276 g/mol. The molecule has 0 aromatic rings. The molecule has 0 aromatic carbocycles. The molecule has 0 saturated heterocycles. The summed E-state index contributed by atoms with van der Waals surface area (Å²) in [6, 6.07) is 0. The molecule has 0 unspecified atom stereocenters. The van der Waals surface area contributed by atoms with Crippen LogP contribution in [0.25, 0.3) is 0 Å². The highest BCUT2D eigenvalue weighted by Gasteiger charge is 1.35. The maximum atomic E-state index is 2.12. The summed E-state index contributed by atoms with van der Waals surface area (Å²) < 4.78 is 0. The smallest absolute Gasteiger partial charge is 0.0470 e. The molecule has 0 aliphatic heterocycles. The summed E-state index contributed by atoms with van der Waals surface area (Å²) in [5.74, 6) is 0. The number of hydrogen-bond donors (Lipinski definition) is 0. The maximum absolute atomic E-state index is 2.12. The minimum Gasteiger partial charge on any atom is -0.0919 e. The molecule has 0 amide bonds. The van der Waals surface area contributed by atoms with Crippen molar-refractivity contribution in [2.24, 2.45) is 0 Å². The highest BCUT2D eigenvalue weighted by atomic mass is 13.4. The van der Waals surface area contributed by atoms with Gasteiger partial charge in [-0.05, 0) is 27.7 Å². The Labute approximate surface area is 128 Å². The fraction of sp³-hybridized carbons (Fsp3) is 0.789. The van der Waals surface area contributed by atoms with Gasteiger partial charge in [-0.1, -0.05) is 100.0 Å². The lowest BCUT2D eigenvalue weighted by molar-refractivity contribution is 1.09. The van der Waals surface area contributed by atoms with E-state index in [-0.39, 0.29) is 0 Å². The fourth-order valence-corrected chi connectivity index (χ4v) is 0. The van der Waals surface area contributed by atoms with Crippen molar-refractivity contribution in [2.45, 2.75) is 103 Å². The summed E-state index contributed by atoms with van der Waals surface area (Å²) in [5.41, 5.74) is 0. The SMILES string of the molecule is CC.CC.CC.CC.CC=CC.CC=CC.CCC. The van der Waals surface area contributed by atoms with E-state index in [1.807, 2.05) is 107 Å². The zero-order valence-corrected chi connectivity index (χ0v) is 17.0. The zero-order chi connectivity index (χ0) is 17.5. The Morgan fingerprint density at radius 2 is 0.474 bits per heavy atom. The van der Waals surface area contributed by atoms with Gasteiger partial charge in [0.2, 0.25) is 0 Å². The molecule has 0 aliphatic rings. The molecule has 0 N–H and O–H groups in total. The molecule has 0 fully saturated rings. The van der Waals surface area contributed by atoms with Gasteiger partial charge in [0.15, 0.2) is 0 Å². The average Bonchev–Trinajstić information content (AvgIpc) is 2.55. The second kappa shape index (κ2) is 237. The largest absolute Gasteiger partial charge is 0.0919 e. The molecule has 0 heteroatoms. The molecule has 0 bridgehead atoms. The Morgan fingerprint density at radius 1 is 0.421 bits per heavy atom. The van der Waals surface area contributed by atoms with Gasteiger partial charge in [0, 0.05) is 0 Å². The zero-order valence-electron chi connectivity index (χ0n) is 17.0. The van der Waals surface area contributed by atoms with Gasteiger partial charge in [0.05, 0.1) is 0 Å². The van der Waals surface area contributed by atoms with Crippen LogP contribution in [0.3, 0.4) is 0 Å². The van der Waals surface area contributed by atoms with E-state index >= 15 is 0 Å². The van der Waals surface area contributed by atoms with E-state index in [1.54, 1.807) is 0 Å². The third-order valence-electron chi connectivity index (χ3n) is 0.667. The van der Waals surface area contributed by atoms with Gasteiger partial charge < -0.3 is 0 Å². The van der Waals surface area contributed by atoms with Crippen LogP contribution in [0.2, 0.25) is 0 Å². The third-order valence-corrected chi connectivity index (χ3v) is 0.667. The van der Waals surface area contributed by atoms with Crippen LogP contribution in [-0.2, 0) is 0 Å². The summed E-state index contributed by atoms with van der Waals surface area (Å²) >= 11 is 0. The first-order valence-corrected chi connectivity index (χ1v) is 8.39. The van der Waals surface area contributed by atoms with Crippen molar-refractivity contribution in [2.75, 3.05) is 0 Å². The summed E-state index contributed by atoms with van der Waals surface area (Å²) in [6.45, 7) is 28.2. The van der Waals surface area contributed by atoms with Crippen LogP contribution in [0.4, 0.5) is 0 Å². The summed E-state index contributed by atoms with van der Waals surface area (Å²) in [6.07, 6.45) is 9.25. The summed E-state index contributed by atoms with van der Waals surface area (Å²) in [7, 11) is 0. The number of allylic oxidation sites excluding steroid dienone is 4. The molecule has 0 atom stereocenters. The lowest BCUT2D eigenvalue weighted by Gasteiger charge is -1.49. The molecule has 124 valence electrons. The van der Waals surface area contributed by atoms with Crippen LogP contribution in [0.5, 0.6) is 0 Å². The van der Waals surface area contributed by atoms with Crippen LogP contribution in [0.1, 0.15) is 103 Å². The summed E-state index contributed by atoms with van der Waals surface area (Å²) in [5, 5.41) is 0. The van der Waals surface area contributed by atoms with E-state index in [4.69, 9.17) is 0 Å². The molecular formula is C19H48.